The molecule has 0 aliphatic carbocycles. The molecule has 15 heavy (non-hydrogen) atoms. The normalized spacial score (nSPS) is 9.73. The van der Waals surface area contributed by atoms with Gasteiger partial charge in [0.2, 0.25) is 0 Å². The Morgan fingerprint density at radius 2 is 2.20 bits per heavy atom. The van der Waals surface area contributed by atoms with E-state index in [0.717, 1.165) is 10.6 Å². The van der Waals surface area contributed by atoms with Crippen LogP contribution in [-0.2, 0) is 9.53 Å². The van der Waals surface area contributed by atoms with Crippen molar-refractivity contribution in [3.05, 3.63) is 24.3 Å². The van der Waals surface area contributed by atoms with E-state index in [1.165, 1.54) is 0 Å². The molecular weight excluding hydrogens is 210 g/mol. The molecule has 0 saturated heterocycles. The Morgan fingerprint density at radius 1 is 1.47 bits per heavy atom. The quantitative estimate of drug-likeness (QED) is 0.617. The minimum absolute atomic E-state index is 0.214. The van der Waals surface area contributed by atoms with Crippen LogP contribution in [0.15, 0.2) is 29.2 Å². The van der Waals surface area contributed by atoms with Crippen LogP contribution < -0.4 is 5.32 Å². The van der Waals surface area contributed by atoms with Crippen molar-refractivity contribution >= 4 is 23.4 Å². The second kappa shape index (κ2) is 6.35. The number of carbonyl (C=O) groups is 1. The maximum Gasteiger partial charge on any atom is 0.325 e. The van der Waals surface area contributed by atoms with Crippen molar-refractivity contribution in [1.82, 2.24) is 0 Å². The number of benzene rings is 1. The standard InChI is InChI=1S/C11H15NO2S/c1-3-14-11(13)8-12-9-6-4-5-7-10(9)15-2/h4-7,12H,3,8H2,1-2H3. The van der Waals surface area contributed by atoms with Gasteiger partial charge in [-0.2, -0.15) is 0 Å². The number of ether oxygens (including phenoxy) is 1. The summed E-state index contributed by atoms with van der Waals surface area (Å²) < 4.78 is 4.83. The highest BCUT2D eigenvalue weighted by Crippen LogP contribution is 2.24. The molecule has 1 rings (SSSR count). The fourth-order valence-electron chi connectivity index (χ4n) is 1.17. The Hall–Kier alpha value is -1.16. The van der Waals surface area contributed by atoms with Crippen LogP contribution in [0.3, 0.4) is 0 Å². The first-order valence-corrected chi connectivity index (χ1v) is 6.03. The molecule has 0 bridgehead atoms. The summed E-state index contributed by atoms with van der Waals surface area (Å²) in [7, 11) is 0. The Balaban J connectivity index is 2.53. The van der Waals surface area contributed by atoms with Crippen molar-refractivity contribution in [3.63, 3.8) is 0 Å². The summed E-state index contributed by atoms with van der Waals surface area (Å²) in [4.78, 5) is 12.3. The molecule has 0 atom stereocenters. The number of anilines is 1. The van der Waals surface area contributed by atoms with E-state index in [9.17, 15) is 4.79 Å². The molecule has 4 heteroatoms. The Labute approximate surface area is 94.2 Å². The van der Waals surface area contributed by atoms with Crippen LogP contribution in [-0.4, -0.2) is 25.4 Å². The maximum atomic E-state index is 11.1. The van der Waals surface area contributed by atoms with E-state index in [2.05, 4.69) is 5.32 Å². The van der Waals surface area contributed by atoms with Crippen molar-refractivity contribution in [2.75, 3.05) is 24.7 Å². The van der Waals surface area contributed by atoms with E-state index in [4.69, 9.17) is 4.74 Å². The third-order valence-corrected chi connectivity index (χ3v) is 2.63. The fourth-order valence-corrected chi connectivity index (χ4v) is 1.74. The molecule has 3 nitrogen and oxygen atoms in total. The molecule has 0 saturated carbocycles. The number of rotatable bonds is 5. The summed E-state index contributed by atoms with van der Waals surface area (Å²) >= 11 is 1.65. The molecule has 0 unspecified atom stereocenters. The van der Waals surface area contributed by atoms with E-state index < -0.39 is 0 Å². The fraction of sp³-hybridized carbons (Fsp3) is 0.364. The topological polar surface area (TPSA) is 38.3 Å². The molecule has 0 fully saturated rings. The summed E-state index contributed by atoms with van der Waals surface area (Å²) in [5.74, 6) is -0.228. The van der Waals surface area contributed by atoms with Crippen molar-refractivity contribution in [3.8, 4) is 0 Å². The average molecular weight is 225 g/mol. The minimum atomic E-state index is -0.228. The lowest BCUT2D eigenvalue weighted by Gasteiger charge is -2.09. The van der Waals surface area contributed by atoms with Gasteiger partial charge in [0.1, 0.15) is 6.54 Å². The molecule has 0 heterocycles. The molecule has 0 radical (unpaired) electrons. The zero-order valence-corrected chi connectivity index (χ0v) is 9.76. The number of para-hydroxylation sites is 1. The summed E-state index contributed by atoms with van der Waals surface area (Å²) in [6, 6.07) is 7.87. The second-order valence-electron chi connectivity index (χ2n) is 2.86. The van der Waals surface area contributed by atoms with E-state index in [-0.39, 0.29) is 12.5 Å². The number of carbonyl (C=O) groups excluding carboxylic acids is 1. The first-order chi connectivity index (χ1) is 7.27. The third kappa shape index (κ3) is 3.83. The van der Waals surface area contributed by atoms with Gasteiger partial charge in [0, 0.05) is 10.6 Å². The molecule has 0 spiro atoms. The zero-order chi connectivity index (χ0) is 11.1. The molecule has 0 aliphatic rings. The Morgan fingerprint density at radius 3 is 2.87 bits per heavy atom. The molecular formula is C11H15NO2S. The summed E-state index contributed by atoms with van der Waals surface area (Å²) in [5, 5.41) is 3.05. The number of thioether (sulfide) groups is 1. The van der Waals surface area contributed by atoms with Gasteiger partial charge in [-0.05, 0) is 25.3 Å². The minimum Gasteiger partial charge on any atom is -0.465 e. The first-order valence-electron chi connectivity index (χ1n) is 4.80. The Bertz CT molecular complexity index is 328. The van der Waals surface area contributed by atoms with E-state index >= 15 is 0 Å². The molecule has 1 aromatic rings. The van der Waals surface area contributed by atoms with Crippen LogP contribution in [0.5, 0.6) is 0 Å². The summed E-state index contributed by atoms with van der Waals surface area (Å²) in [5.41, 5.74) is 0.970. The van der Waals surface area contributed by atoms with Gasteiger partial charge in [0.15, 0.2) is 0 Å². The van der Waals surface area contributed by atoms with Crippen LogP contribution in [0, 0.1) is 0 Å². The maximum absolute atomic E-state index is 11.1. The largest absolute Gasteiger partial charge is 0.465 e. The van der Waals surface area contributed by atoms with E-state index in [1.54, 1.807) is 18.7 Å². The Kier molecular flexibility index (Phi) is 5.04. The zero-order valence-electron chi connectivity index (χ0n) is 8.95. The summed E-state index contributed by atoms with van der Waals surface area (Å²) in [6.45, 7) is 2.43. The number of hydrogen-bond acceptors (Lipinski definition) is 4. The van der Waals surface area contributed by atoms with Gasteiger partial charge in [-0.1, -0.05) is 12.1 Å². The molecule has 0 aliphatic heterocycles. The van der Waals surface area contributed by atoms with Crippen LogP contribution >= 0.6 is 11.8 Å². The summed E-state index contributed by atoms with van der Waals surface area (Å²) in [6.07, 6.45) is 2.00. The highest BCUT2D eigenvalue weighted by Gasteiger charge is 2.03. The van der Waals surface area contributed by atoms with Crippen molar-refractivity contribution in [2.45, 2.75) is 11.8 Å². The number of nitrogens with one attached hydrogen (secondary N) is 1. The van der Waals surface area contributed by atoms with Crippen molar-refractivity contribution < 1.29 is 9.53 Å². The third-order valence-electron chi connectivity index (χ3n) is 1.84. The van der Waals surface area contributed by atoms with Crippen LogP contribution in [0.4, 0.5) is 5.69 Å². The van der Waals surface area contributed by atoms with Gasteiger partial charge in [-0.15, -0.1) is 11.8 Å². The van der Waals surface area contributed by atoms with Crippen molar-refractivity contribution in [1.29, 1.82) is 0 Å². The number of hydrogen-bond donors (Lipinski definition) is 1. The lowest BCUT2D eigenvalue weighted by Crippen LogP contribution is -2.16. The van der Waals surface area contributed by atoms with Gasteiger partial charge < -0.3 is 10.1 Å². The molecule has 0 amide bonds. The molecule has 1 N–H and O–H groups in total. The smallest absolute Gasteiger partial charge is 0.325 e. The lowest BCUT2D eigenvalue weighted by molar-refractivity contribution is -0.140. The SMILES string of the molecule is CCOC(=O)CNc1ccccc1SC. The predicted molar refractivity (Wildman–Crippen MR) is 63.3 cm³/mol. The molecule has 0 aromatic heterocycles. The lowest BCUT2D eigenvalue weighted by atomic mass is 10.3. The van der Waals surface area contributed by atoms with Crippen LogP contribution in [0.25, 0.3) is 0 Å². The van der Waals surface area contributed by atoms with Gasteiger partial charge in [-0.3, -0.25) is 4.79 Å². The molecule has 82 valence electrons. The highest BCUT2D eigenvalue weighted by atomic mass is 32.2. The van der Waals surface area contributed by atoms with E-state index in [1.807, 2.05) is 30.5 Å². The van der Waals surface area contributed by atoms with Crippen molar-refractivity contribution in [2.24, 2.45) is 0 Å². The average Bonchev–Trinajstić information content (AvgIpc) is 2.27. The highest BCUT2D eigenvalue weighted by molar-refractivity contribution is 7.98. The monoisotopic (exact) mass is 225 g/mol. The van der Waals surface area contributed by atoms with Crippen LogP contribution in [0.1, 0.15) is 6.92 Å². The van der Waals surface area contributed by atoms with Gasteiger partial charge in [0.05, 0.1) is 6.61 Å². The van der Waals surface area contributed by atoms with E-state index in [0.29, 0.717) is 6.61 Å². The number of esters is 1. The molecule has 1 aromatic carbocycles. The van der Waals surface area contributed by atoms with Crippen LogP contribution in [0.2, 0.25) is 0 Å². The van der Waals surface area contributed by atoms with Gasteiger partial charge >= 0.3 is 5.97 Å². The second-order valence-corrected chi connectivity index (χ2v) is 3.71. The van der Waals surface area contributed by atoms with Gasteiger partial charge in [0.25, 0.3) is 0 Å². The first kappa shape index (κ1) is 11.9. The van der Waals surface area contributed by atoms with Gasteiger partial charge in [-0.25, -0.2) is 0 Å². The predicted octanol–water partition coefficient (Wildman–Crippen LogP) is 2.38.